The van der Waals surface area contributed by atoms with E-state index < -0.39 is 10.0 Å². The molecule has 1 amide bonds. The molecule has 1 aliphatic heterocycles. The monoisotopic (exact) mass is 497 g/mol. The van der Waals surface area contributed by atoms with Crippen molar-refractivity contribution in [3.8, 4) is 0 Å². The van der Waals surface area contributed by atoms with Crippen molar-refractivity contribution in [2.45, 2.75) is 31.2 Å². The number of rotatable bonds is 9. The van der Waals surface area contributed by atoms with Crippen molar-refractivity contribution < 1.29 is 18.0 Å². The van der Waals surface area contributed by atoms with Crippen molar-refractivity contribution in [2.24, 2.45) is 0 Å². The largest absolute Gasteiger partial charge is 0.340 e. The normalized spacial score (nSPS) is 15.3. The standard InChI is InChI=1S/C22H28ClN3O4S2/c1-17(27)18-5-8-20(9-6-18)32(29,30)24(2)11-3-4-22(28)26-14-12-25(13-15-26)16-19-7-10-21(23)31-19/h5-10H,3-4,11-16H2,1-2H3. The van der Waals surface area contributed by atoms with Crippen LogP contribution in [0.15, 0.2) is 41.3 Å². The van der Waals surface area contributed by atoms with E-state index in [0.29, 0.717) is 31.5 Å². The van der Waals surface area contributed by atoms with Crippen LogP contribution < -0.4 is 0 Å². The predicted molar refractivity (Wildman–Crippen MR) is 127 cm³/mol. The summed E-state index contributed by atoms with van der Waals surface area (Å²) in [7, 11) is -2.15. The lowest BCUT2D eigenvalue weighted by Gasteiger charge is -2.34. The van der Waals surface area contributed by atoms with Crippen molar-refractivity contribution in [1.29, 1.82) is 0 Å². The first-order valence-electron chi connectivity index (χ1n) is 10.5. The van der Waals surface area contributed by atoms with E-state index in [1.54, 1.807) is 11.3 Å². The maximum Gasteiger partial charge on any atom is 0.242 e. The molecule has 0 saturated carbocycles. The molecule has 32 heavy (non-hydrogen) atoms. The van der Waals surface area contributed by atoms with Crippen LogP contribution in [-0.4, -0.2) is 74.0 Å². The average molecular weight is 498 g/mol. The number of piperazine rings is 1. The van der Waals surface area contributed by atoms with Gasteiger partial charge in [-0.15, -0.1) is 11.3 Å². The number of carbonyl (C=O) groups is 2. The number of ketones is 1. The van der Waals surface area contributed by atoms with Gasteiger partial charge in [0.05, 0.1) is 9.23 Å². The molecule has 0 aliphatic carbocycles. The molecule has 0 bridgehead atoms. The summed E-state index contributed by atoms with van der Waals surface area (Å²) < 4.78 is 27.5. The van der Waals surface area contributed by atoms with Crippen molar-refractivity contribution in [3.63, 3.8) is 0 Å². The van der Waals surface area contributed by atoms with Gasteiger partial charge in [-0.3, -0.25) is 14.5 Å². The molecule has 0 unspecified atom stereocenters. The Balaban J connectivity index is 1.42. The van der Waals surface area contributed by atoms with Gasteiger partial charge in [0, 0.05) is 63.2 Å². The Morgan fingerprint density at radius 1 is 1.06 bits per heavy atom. The second-order valence-corrected chi connectivity index (χ2v) is 11.7. The Morgan fingerprint density at radius 3 is 2.28 bits per heavy atom. The van der Waals surface area contributed by atoms with E-state index in [1.807, 2.05) is 17.0 Å². The number of hydrogen-bond donors (Lipinski definition) is 0. The molecular formula is C22H28ClN3O4S2. The molecule has 0 atom stereocenters. The van der Waals surface area contributed by atoms with Gasteiger partial charge in [0.2, 0.25) is 15.9 Å². The smallest absolute Gasteiger partial charge is 0.242 e. The SMILES string of the molecule is CC(=O)c1ccc(S(=O)(=O)N(C)CCCC(=O)N2CCN(Cc3ccc(Cl)s3)CC2)cc1. The number of hydrogen-bond acceptors (Lipinski definition) is 6. The number of Topliss-reactive ketones (excluding diaryl/α,β-unsaturated/α-hetero) is 1. The molecular weight excluding hydrogens is 470 g/mol. The second kappa shape index (κ2) is 10.9. The first kappa shape index (κ1) is 24.9. The quantitative estimate of drug-likeness (QED) is 0.496. The number of thiophene rings is 1. The molecule has 1 aromatic carbocycles. The molecule has 1 saturated heterocycles. The summed E-state index contributed by atoms with van der Waals surface area (Å²) in [5, 5.41) is 0. The molecule has 1 aliphatic rings. The molecule has 2 aromatic rings. The Bertz CT molecular complexity index is 1050. The van der Waals surface area contributed by atoms with Crippen LogP contribution in [0.3, 0.4) is 0 Å². The van der Waals surface area contributed by atoms with Crippen LogP contribution in [0.1, 0.15) is 35.0 Å². The van der Waals surface area contributed by atoms with Gasteiger partial charge in [-0.2, -0.15) is 0 Å². The van der Waals surface area contributed by atoms with Crippen LogP contribution in [0.5, 0.6) is 0 Å². The number of nitrogens with zero attached hydrogens (tertiary/aromatic N) is 3. The Kier molecular flexibility index (Phi) is 8.46. The van der Waals surface area contributed by atoms with Crippen LogP contribution in [0.4, 0.5) is 0 Å². The Hall–Kier alpha value is -1.78. The topological polar surface area (TPSA) is 78.0 Å². The first-order valence-corrected chi connectivity index (χ1v) is 13.1. The first-order chi connectivity index (χ1) is 15.2. The molecule has 3 rings (SSSR count). The lowest BCUT2D eigenvalue weighted by molar-refractivity contribution is -0.133. The zero-order valence-electron chi connectivity index (χ0n) is 18.3. The van der Waals surface area contributed by atoms with Gasteiger partial charge in [0.1, 0.15) is 0 Å². The van der Waals surface area contributed by atoms with Crippen molar-refractivity contribution in [1.82, 2.24) is 14.1 Å². The zero-order chi connectivity index (χ0) is 23.3. The van der Waals surface area contributed by atoms with E-state index in [9.17, 15) is 18.0 Å². The highest BCUT2D eigenvalue weighted by molar-refractivity contribution is 7.89. The van der Waals surface area contributed by atoms with Gasteiger partial charge < -0.3 is 4.90 Å². The second-order valence-electron chi connectivity index (χ2n) is 7.87. The Labute approximate surface area is 198 Å². The van der Waals surface area contributed by atoms with Gasteiger partial charge in [-0.1, -0.05) is 23.7 Å². The summed E-state index contributed by atoms with van der Waals surface area (Å²) in [5.41, 5.74) is 0.469. The van der Waals surface area contributed by atoms with E-state index >= 15 is 0 Å². The van der Waals surface area contributed by atoms with E-state index in [2.05, 4.69) is 4.90 Å². The van der Waals surface area contributed by atoms with E-state index in [-0.39, 0.29) is 23.1 Å². The minimum absolute atomic E-state index is 0.0560. The average Bonchev–Trinajstić information content (AvgIpc) is 3.18. The van der Waals surface area contributed by atoms with E-state index in [1.165, 1.54) is 47.4 Å². The van der Waals surface area contributed by atoms with Gasteiger partial charge in [0.15, 0.2) is 5.78 Å². The minimum atomic E-state index is -3.66. The lowest BCUT2D eigenvalue weighted by Crippen LogP contribution is -2.48. The molecule has 1 aromatic heterocycles. The molecule has 0 radical (unpaired) electrons. The van der Waals surface area contributed by atoms with Crippen LogP contribution in [-0.2, 0) is 21.4 Å². The number of carbonyl (C=O) groups excluding carboxylic acids is 2. The fourth-order valence-electron chi connectivity index (χ4n) is 3.59. The maximum atomic E-state index is 12.7. The summed E-state index contributed by atoms with van der Waals surface area (Å²) in [6.45, 7) is 5.50. The number of amides is 1. The molecule has 10 heteroatoms. The van der Waals surface area contributed by atoms with E-state index in [4.69, 9.17) is 11.6 Å². The van der Waals surface area contributed by atoms with Crippen molar-refractivity contribution in [2.75, 3.05) is 39.8 Å². The van der Waals surface area contributed by atoms with Gasteiger partial charge in [-0.25, -0.2) is 12.7 Å². The highest BCUT2D eigenvalue weighted by atomic mass is 35.5. The molecule has 1 fully saturated rings. The van der Waals surface area contributed by atoms with Crippen molar-refractivity contribution in [3.05, 3.63) is 51.2 Å². The molecule has 2 heterocycles. The summed E-state index contributed by atoms with van der Waals surface area (Å²) in [6.07, 6.45) is 0.762. The number of sulfonamides is 1. The van der Waals surface area contributed by atoms with Gasteiger partial charge in [-0.05, 0) is 37.6 Å². The molecule has 0 N–H and O–H groups in total. The van der Waals surface area contributed by atoms with Gasteiger partial charge in [0.25, 0.3) is 0 Å². The zero-order valence-corrected chi connectivity index (χ0v) is 20.7. The van der Waals surface area contributed by atoms with Crippen LogP contribution in [0.2, 0.25) is 4.34 Å². The van der Waals surface area contributed by atoms with Crippen molar-refractivity contribution >= 4 is 44.7 Å². The molecule has 7 nitrogen and oxygen atoms in total. The fourth-order valence-corrected chi connectivity index (χ4v) is 5.92. The third kappa shape index (κ3) is 6.39. The molecule has 0 spiro atoms. The third-order valence-electron chi connectivity index (χ3n) is 5.57. The highest BCUT2D eigenvalue weighted by Crippen LogP contribution is 2.23. The number of halogens is 1. The fraction of sp³-hybridized carbons (Fsp3) is 0.455. The highest BCUT2D eigenvalue weighted by Gasteiger charge is 2.23. The van der Waals surface area contributed by atoms with Gasteiger partial charge >= 0.3 is 0 Å². The maximum absolute atomic E-state index is 12.7. The van der Waals surface area contributed by atoms with E-state index in [0.717, 1.165) is 24.0 Å². The summed E-state index contributed by atoms with van der Waals surface area (Å²) >= 11 is 7.57. The van der Waals surface area contributed by atoms with Crippen LogP contribution >= 0.6 is 22.9 Å². The minimum Gasteiger partial charge on any atom is -0.340 e. The predicted octanol–water partition coefficient (Wildman–Crippen LogP) is 3.35. The summed E-state index contributed by atoms with van der Waals surface area (Å²) in [6, 6.07) is 9.85. The summed E-state index contributed by atoms with van der Waals surface area (Å²) in [5.74, 6) is -0.0574. The Morgan fingerprint density at radius 2 is 1.72 bits per heavy atom. The van der Waals surface area contributed by atoms with Crippen LogP contribution in [0, 0.1) is 0 Å². The van der Waals surface area contributed by atoms with Crippen LogP contribution in [0.25, 0.3) is 0 Å². The molecule has 174 valence electrons. The number of benzene rings is 1. The lowest BCUT2D eigenvalue weighted by atomic mass is 10.2. The third-order valence-corrected chi connectivity index (χ3v) is 8.65. The summed E-state index contributed by atoms with van der Waals surface area (Å²) in [4.78, 5) is 29.5.